The number of benzene rings is 1. The van der Waals surface area contributed by atoms with Crippen molar-refractivity contribution in [2.45, 2.75) is 0 Å². The third-order valence-electron chi connectivity index (χ3n) is 1.82. The number of allylic oxidation sites excluding steroid dienone is 2. The summed E-state index contributed by atoms with van der Waals surface area (Å²) in [4.78, 5) is 21.1. The molecule has 0 radical (unpaired) electrons. The minimum atomic E-state index is -1.12. The molecule has 0 unspecified atom stereocenters. The zero-order valence-electron chi connectivity index (χ0n) is 8.33. The Morgan fingerprint density at radius 2 is 1.69 bits per heavy atom. The van der Waals surface area contributed by atoms with Crippen LogP contribution in [0.25, 0.3) is 5.57 Å². The standard InChI is InChI=1S/C12H10O4/c13-11(14)8-4-7-10(12(15)16)9-5-2-1-3-6-9/h1-8H,(H,13,14)(H,15,16). The van der Waals surface area contributed by atoms with Crippen LogP contribution in [0.15, 0.2) is 48.6 Å². The largest absolute Gasteiger partial charge is 0.478 e. The van der Waals surface area contributed by atoms with Crippen molar-refractivity contribution in [3.05, 3.63) is 54.1 Å². The number of hydrogen-bond donors (Lipinski definition) is 2. The third-order valence-corrected chi connectivity index (χ3v) is 1.82. The Hall–Kier alpha value is -2.36. The summed E-state index contributed by atoms with van der Waals surface area (Å²) in [6.07, 6.45) is 3.33. The van der Waals surface area contributed by atoms with E-state index in [1.165, 1.54) is 12.2 Å². The van der Waals surface area contributed by atoms with Crippen LogP contribution >= 0.6 is 0 Å². The van der Waals surface area contributed by atoms with Crippen LogP contribution in [0.3, 0.4) is 0 Å². The van der Waals surface area contributed by atoms with E-state index in [0.29, 0.717) is 5.56 Å². The predicted octanol–water partition coefficient (Wildman–Crippen LogP) is 1.80. The van der Waals surface area contributed by atoms with Gasteiger partial charge in [0, 0.05) is 6.08 Å². The van der Waals surface area contributed by atoms with E-state index in [2.05, 4.69) is 0 Å². The van der Waals surface area contributed by atoms with Gasteiger partial charge in [-0.1, -0.05) is 36.4 Å². The van der Waals surface area contributed by atoms with Crippen LogP contribution in [-0.4, -0.2) is 22.2 Å². The average Bonchev–Trinajstić information content (AvgIpc) is 2.25. The van der Waals surface area contributed by atoms with E-state index < -0.39 is 11.9 Å². The van der Waals surface area contributed by atoms with Crippen LogP contribution in [0.1, 0.15) is 5.56 Å². The Morgan fingerprint density at radius 1 is 1.06 bits per heavy atom. The van der Waals surface area contributed by atoms with Gasteiger partial charge >= 0.3 is 11.9 Å². The molecule has 0 heterocycles. The summed E-state index contributed by atoms with van der Waals surface area (Å²) in [6.45, 7) is 0. The lowest BCUT2D eigenvalue weighted by Gasteiger charge is -2.00. The summed E-state index contributed by atoms with van der Waals surface area (Å²) in [6, 6.07) is 8.50. The minimum Gasteiger partial charge on any atom is -0.478 e. The van der Waals surface area contributed by atoms with E-state index in [0.717, 1.165) is 6.08 Å². The van der Waals surface area contributed by atoms with Crippen LogP contribution in [0, 0.1) is 0 Å². The summed E-state index contributed by atoms with van der Waals surface area (Å²) >= 11 is 0. The fraction of sp³-hybridized carbons (Fsp3) is 0. The number of hydrogen-bond acceptors (Lipinski definition) is 2. The first-order chi connectivity index (χ1) is 7.61. The maximum Gasteiger partial charge on any atom is 0.336 e. The van der Waals surface area contributed by atoms with Gasteiger partial charge in [0.05, 0.1) is 5.57 Å². The third kappa shape index (κ3) is 3.42. The highest BCUT2D eigenvalue weighted by atomic mass is 16.4. The lowest BCUT2D eigenvalue weighted by molar-refractivity contribution is -0.132. The zero-order chi connectivity index (χ0) is 12.0. The molecule has 0 aliphatic carbocycles. The molecule has 0 aliphatic rings. The molecule has 0 aliphatic heterocycles. The highest BCUT2D eigenvalue weighted by molar-refractivity contribution is 6.15. The van der Waals surface area contributed by atoms with E-state index in [-0.39, 0.29) is 5.57 Å². The van der Waals surface area contributed by atoms with Gasteiger partial charge in [0.25, 0.3) is 0 Å². The first kappa shape index (κ1) is 11.7. The second kappa shape index (κ2) is 5.50. The van der Waals surface area contributed by atoms with Gasteiger partial charge in [-0.15, -0.1) is 0 Å². The zero-order valence-corrected chi connectivity index (χ0v) is 8.33. The van der Waals surface area contributed by atoms with Crippen LogP contribution in [0.4, 0.5) is 0 Å². The van der Waals surface area contributed by atoms with Gasteiger partial charge in [-0.2, -0.15) is 0 Å². The molecule has 0 atom stereocenters. The molecule has 4 heteroatoms. The van der Waals surface area contributed by atoms with E-state index in [9.17, 15) is 9.59 Å². The van der Waals surface area contributed by atoms with Gasteiger partial charge in [-0.05, 0) is 11.6 Å². The molecule has 0 aromatic heterocycles. The Bertz CT molecular complexity index is 443. The van der Waals surface area contributed by atoms with Crippen molar-refractivity contribution in [3.63, 3.8) is 0 Å². The van der Waals surface area contributed by atoms with Crippen molar-refractivity contribution in [2.24, 2.45) is 0 Å². The van der Waals surface area contributed by atoms with Crippen LogP contribution < -0.4 is 0 Å². The molecule has 16 heavy (non-hydrogen) atoms. The van der Waals surface area contributed by atoms with Crippen LogP contribution in [0.2, 0.25) is 0 Å². The molecular formula is C12H10O4. The Kier molecular flexibility index (Phi) is 4.03. The summed E-state index contributed by atoms with van der Waals surface area (Å²) in [5.41, 5.74) is 0.586. The molecule has 0 amide bonds. The highest BCUT2D eigenvalue weighted by Crippen LogP contribution is 2.13. The van der Waals surface area contributed by atoms with Gasteiger partial charge in [-0.3, -0.25) is 0 Å². The van der Waals surface area contributed by atoms with Crippen molar-refractivity contribution in [2.75, 3.05) is 0 Å². The molecule has 4 nitrogen and oxygen atoms in total. The normalized spacial score (nSPS) is 11.6. The van der Waals surface area contributed by atoms with Crippen molar-refractivity contribution < 1.29 is 19.8 Å². The molecule has 1 aromatic rings. The second-order valence-corrected chi connectivity index (χ2v) is 2.95. The molecule has 0 saturated heterocycles. The Morgan fingerprint density at radius 3 is 2.19 bits per heavy atom. The smallest absolute Gasteiger partial charge is 0.336 e. The fourth-order valence-corrected chi connectivity index (χ4v) is 1.14. The van der Waals surface area contributed by atoms with Crippen molar-refractivity contribution >= 4 is 17.5 Å². The maximum absolute atomic E-state index is 10.9. The molecule has 82 valence electrons. The lowest BCUT2D eigenvalue weighted by atomic mass is 10.1. The topological polar surface area (TPSA) is 74.6 Å². The number of carbonyl (C=O) groups is 2. The summed E-state index contributed by atoms with van der Waals surface area (Å²) in [5.74, 6) is -2.21. The van der Waals surface area contributed by atoms with Crippen LogP contribution in [0.5, 0.6) is 0 Å². The number of rotatable bonds is 4. The molecule has 0 saturated carbocycles. The van der Waals surface area contributed by atoms with E-state index >= 15 is 0 Å². The molecule has 0 fully saturated rings. The summed E-state index contributed by atoms with van der Waals surface area (Å²) < 4.78 is 0. The molecular weight excluding hydrogens is 208 g/mol. The van der Waals surface area contributed by atoms with Crippen molar-refractivity contribution in [1.82, 2.24) is 0 Å². The van der Waals surface area contributed by atoms with E-state index in [1.807, 2.05) is 0 Å². The van der Waals surface area contributed by atoms with Crippen molar-refractivity contribution in [3.8, 4) is 0 Å². The van der Waals surface area contributed by atoms with Crippen molar-refractivity contribution in [1.29, 1.82) is 0 Å². The number of carboxylic acids is 2. The summed E-state index contributed by atoms with van der Waals surface area (Å²) in [5, 5.41) is 17.3. The summed E-state index contributed by atoms with van der Waals surface area (Å²) in [7, 11) is 0. The maximum atomic E-state index is 10.9. The first-order valence-electron chi connectivity index (χ1n) is 4.51. The number of aliphatic carboxylic acids is 2. The highest BCUT2D eigenvalue weighted by Gasteiger charge is 2.07. The lowest BCUT2D eigenvalue weighted by Crippen LogP contribution is -1.99. The Balaban J connectivity index is 3.01. The number of carboxylic acid groups (broad SMARTS) is 2. The monoisotopic (exact) mass is 218 g/mol. The van der Waals surface area contributed by atoms with Gasteiger partial charge in [0.1, 0.15) is 0 Å². The van der Waals surface area contributed by atoms with Gasteiger partial charge < -0.3 is 10.2 Å². The Labute approximate surface area is 92.2 Å². The minimum absolute atomic E-state index is 0.0538. The van der Waals surface area contributed by atoms with E-state index in [4.69, 9.17) is 10.2 Å². The quantitative estimate of drug-likeness (QED) is 0.596. The van der Waals surface area contributed by atoms with Gasteiger partial charge in [-0.25, -0.2) is 9.59 Å². The van der Waals surface area contributed by atoms with Gasteiger partial charge in [0.2, 0.25) is 0 Å². The predicted molar refractivity (Wildman–Crippen MR) is 58.8 cm³/mol. The molecule has 1 aromatic carbocycles. The molecule has 0 spiro atoms. The van der Waals surface area contributed by atoms with Gasteiger partial charge in [0.15, 0.2) is 0 Å². The molecule has 2 N–H and O–H groups in total. The SMILES string of the molecule is O=C(O)C=CC=C(C(=O)O)c1ccccc1. The fourth-order valence-electron chi connectivity index (χ4n) is 1.14. The molecule has 0 bridgehead atoms. The first-order valence-corrected chi connectivity index (χ1v) is 4.51. The van der Waals surface area contributed by atoms with Crippen LogP contribution in [-0.2, 0) is 9.59 Å². The van der Waals surface area contributed by atoms with E-state index in [1.54, 1.807) is 30.3 Å². The second-order valence-electron chi connectivity index (χ2n) is 2.95. The average molecular weight is 218 g/mol. The molecule has 1 rings (SSSR count).